The van der Waals surface area contributed by atoms with Crippen molar-refractivity contribution in [2.45, 2.75) is 51.7 Å². The Morgan fingerprint density at radius 2 is 1.89 bits per heavy atom. The third-order valence-electron chi connectivity index (χ3n) is 5.95. The zero-order valence-electron chi connectivity index (χ0n) is 16.2. The first kappa shape index (κ1) is 20.1. The van der Waals surface area contributed by atoms with Crippen LogP contribution >= 0.6 is 0 Å². The summed E-state index contributed by atoms with van der Waals surface area (Å²) in [5.41, 5.74) is 0.965. The second-order valence-electron chi connectivity index (χ2n) is 7.70. The number of halogens is 1. The number of ether oxygens (including phenoxy) is 1. The Hall–Kier alpha value is -1.66. The lowest BCUT2D eigenvalue weighted by Crippen LogP contribution is -2.40. The second-order valence-corrected chi connectivity index (χ2v) is 7.70. The van der Waals surface area contributed by atoms with Gasteiger partial charge in [0.1, 0.15) is 0 Å². The minimum atomic E-state index is -0.293. The minimum Gasteiger partial charge on any atom is -0.392 e. The first-order valence-corrected chi connectivity index (χ1v) is 10.1. The normalized spacial score (nSPS) is 19.5. The molecule has 27 heavy (non-hydrogen) atoms. The number of carbonyl (C=O) groups excluding carboxylic acids is 1. The van der Waals surface area contributed by atoms with Crippen LogP contribution in [0.4, 0.5) is 10.1 Å². The van der Waals surface area contributed by atoms with Crippen LogP contribution in [0.2, 0.25) is 0 Å². The molecular weight excluding hydrogens is 347 g/mol. The number of aliphatic hydroxyl groups excluding tert-OH is 1. The van der Waals surface area contributed by atoms with Gasteiger partial charge in [0.2, 0.25) is 5.91 Å². The first-order chi connectivity index (χ1) is 13.1. The van der Waals surface area contributed by atoms with Crippen LogP contribution < -0.4 is 4.90 Å². The fraction of sp³-hybridized carbons (Fsp3) is 0.667. The Morgan fingerprint density at radius 1 is 1.19 bits per heavy atom. The molecule has 5 nitrogen and oxygen atoms in total. The van der Waals surface area contributed by atoms with E-state index in [2.05, 4.69) is 4.90 Å². The molecule has 3 rings (SSSR count). The number of aliphatic hydroxyl groups is 1. The molecule has 2 aliphatic heterocycles. The number of amides is 1. The van der Waals surface area contributed by atoms with Crippen LogP contribution in [-0.2, 0) is 16.1 Å². The van der Waals surface area contributed by atoms with E-state index in [-0.39, 0.29) is 24.4 Å². The van der Waals surface area contributed by atoms with Gasteiger partial charge in [-0.1, -0.05) is 12.1 Å². The van der Waals surface area contributed by atoms with Gasteiger partial charge in [-0.2, -0.15) is 0 Å². The van der Waals surface area contributed by atoms with Crippen molar-refractivity contribution in [3.05, 3.63) is 29.6 Å². The summed E-state index contributed by atoms with van der Waals surface area (Å²) in [5, 5.41) is 9.24. The Morgan fingerprint density at radius 3 is 2.52 bits per heavy atom. The predicted octanol–water partition coefficient (Wildman–Crippen LogP) is 2.95. The maximum atomic E-state index is 14.4. The molecular formula is C21H31FN2O3. The van der Waals surface area contributed by atoms with Gasteiger partial charge in [-0.25, -0.2) is 4.39 Å². The molecule has 1 aromatic rings. The van der Waals surface area contributed by atoms with Crippen molar-refractivity contribution in [1.82, 2.24) is 4.90 Å². The third-order valence-corrected chi connectivity index (χ3v) is 5.95. The van der Waals surface area contributed by atoms with Gasteiger partial charge in [0.25, 0.3) is 0 Å². The van der Waals surface area contributed by atoms with Crippen LogP contribution in [0.5, 0.6) is 0 Å². The average molecular weight is 378 g/mol. The fourth-order valence-electron chi connectivity index (χ4n) is 4.13. The monoisotopic (exact) mass is 378 g/mol. The van der Waals surface area contributed by atoms with Crippen LogP contribution in [0, 0.1) is 11.7 Å². The van der Waals surface area contributed by atoms with E-state index >= 15 is 0 Å². The number of hydrogen-bond acceptors (Lipinski definition) is 4. The highest BCUT2D eigenvalue weighted by Gasteiger charge is 2.24. The number of benzene rings is 1. The van der Waals surface area contributed by atoms with Gasteiger partial charge in [-0.3, -0.25) is 4.79 Å². The van der Waals surface area contributed by atoms with Crippen LogP contribution in [0.3, 0.4) is 0 Å². The van der Waals surface area contributed by atoms with Gasteiger partial charge in [0.05, 0.1) is 18.4 Å². The number of rotatable bonds is 6. The molecule has 2 aliphatic rings. The Labute approximate surface area is 161 Å². The average Bonchev–Trinajstić information content (AvgIpc) is 2.69. The van der Waals surface area contributed by atoms with Gasteiger partial charge in [-0.15, -0.1) is 0 Å². The van der Waals surface area contributed by atoms with E-state index in [9.17, 15) is 14.3 Å². The molecule has 6 heteroatoms. The maximum absolute atomic E-state index is 14.4. The summed E-state index contributed by atoms with van der Waals surface area (Å²) >= 11 is 0. The van der Waals surface area contributed by atoms with Crippen molar-refractivity contribution in [1.29, 1.82) is 0 Å². The van der Waals surface area contributed by atoms with Gasteiger partial charge in [0.15, 0.2) is 5.82 Å². The molecule has 0 atom stereocenters. The molecule has 2 heterocycles. The molecule has 0 saturated carbocycles. The number of nitrogens with zero attached hydrogens (tertiary/aromatic N) is 2. The van der Waals surface area contributed by atoms with Crippen molar-refractivity contribution in [3.8, 4) is 0 Å². The zero-order chi connectivity index (χ0) is 19.2. The summed E-state index contributed by atoms with van der Waals surface area (Å²) in [6, 6.07) is 5.23. The summed E-state index contributed by atoms with van der Waals surface area (Å²) in [5.74, 6) is 0.475. The Bertz CT molecular complexity index is 624. The summed E-state index contributed by atoms with van der Waals surface area (Å²) in [6.45, 7) is 5.41. The Kier molecular flexibility index (Phi) is 7.07. The number of anilines is 1. The van der Waals surface area contributed by atoms with Gasteiger partial charge < -0.3 is 19.6 Å². The van der Waals surface area contributed by atoms with E-state index in [0.29, 0.717) is 17.2 Å². The number of hydrogen-bond donors (Lipinski definition) is 1. The van der Waals surface area contributed by atoms with Crippen molar-refractivity contribution >= 4 is 11.6 Å². The van der Waals surface area contributed by atoms with Gasteiger partial charge in [0, 0.05) is 45.3 Å². The minimum absolute atomic E-state index is 0.154. The molecule has 0 radical (unpaired) electrons. The highest BCUT2D eigenvalue weighted by atomic mass is 19.1. The van der Waals surface area contributed by atoms with Crippen LogP contribution in [0.15, 0.2) is 18.2 Å². The standard InChI is InChI=1S/C21H31FN2O3/c1-16(26)23-12-7-19(8-13-23)27-14-9-17-5-10-24(11-6-17)20-4-2-3-18(15-25)21(20)22/h2-4,17,19,25H,5-15H2,1H3. The second kappa shape index (κ2) is 9.51. The van der Waals surface area contributed by atoms with Crippen molar-refractivity contribution < 1.29 is 19.0 Å². The summed E-state index contributed by atoms with van der Waals surface area (Å²) in [6.07, 6.45) is 5.25. The fourth-order valence-corrected chi connectivity index (χ4v) is 4.13. The van der Waals surface area contributed by atoms with E-state index in [1.54, 1.807) is 25.1 Å². The zero-order valence-corrected chi connectivity index (χ0v) is 16.2. The smallest absolute Gasteiger partial charge is 0.219 e. The predicted molar refractivity (Wildman–Crippen MR) is 103 cm³/mol. The quantitative estimate of drug-likeness (QED) is 0.827. The molecule has 0 spiro atoms. The number of piperidine rings is 2. The van der Waals surface area contributed by atoms with Crippen LogP contribution in [0.25, 0.3) is 0 Å². The molecule has 0 aliphatic carbocycles. The van der Waals surface area contributed by atoms with E-state index < -0.39 is 0 Å². The van der Waals surface area contributed by atoms with Crippen molar-refractivity contribution in [3.63, 3.8) is 0 Å². The van der Waals surface area contributed by atoms with Crippen molar-refractivity contribution in [2.24, 2.45) is 5.92 Å². The molecule has 0 aromatic heterocycles. The molecule has 1 aromatic carbocycles. The summed E-state index contributed by atoms with van der Waals surface area (Å²) in [4.78, 5) is 15.3. The highest BCUT2D eigenvalue weighted by Crippen LogP contribution is 2.29. The molecule has 2 fully saturated rings. The lowest BCUT2D eigenvalue weighted by molar-refractivity contribution is -0.131. The number of likely N-dealkylation sites (tertiary alicyclic amines) is 1. The van der Waals surface area contributed by atoms with Gasteiger partial charge >= 0.3 is 0 Å². The van der Waals surface area contributed by atoms with Crippen LogP contribution in [-0.4, -0.2) is 54.8 Å². The first-order valence-electron chi connectivity index (χ1n) is 10.1. The SMILES string of the molecule is CC(=O)N1CCC(OCCC2CCN(c3cccc(CO)c3F)CC2)CC1. The molecule has 0 bridgehead atoms. The van der Waals surface area contributed by atoms with Crippen LogP contribution in [0.1, 0.15) is 44.6 Å². The summed E-state index contributed by atoms with van der Waals surface area (Å²) in [7, 11) is 0. The summed E-state index contributed by atoms with van der Waals surface area (Å²) < 4.78 is 20.4. The van der Waals surface area contributed by atoms with E-state index in [4.69, 9.17) is 4.74 Å². The largest absolute Gasteiger partial charge is 0.392 e. The van der Waals surface area contributed by atoms with E-state index in [1.807, 2.05) is 4.90 Å². The number of carbonyl (C=O) groups is 1. The lowest BCUT2D eigenvalue weighted by atomic mass is 9.93. The van der Waals surface area contributed by atoms with E-state index in [1.165, 1.54) is 0 Å². The molecule has 1 N–H and O–H groups in total. The molecule has 1 amide bonds. The molecule has 150 valence electrons. The molecule has 2 saturated heterocycles. The maximum Gasteiger partial charge on any atom is 0.219 e. The third kappa shape index (κ3) is 5.20. The topological polar surface area (TPSA) is 53.0 Å². The lowest BCUT2D eigenvalue weighted by Gasteiger charge is -2.35. The van der Waals surface area contributed by atoms with E-state index in [0.717, 1.165) is 64.9 Å². The highest BCUT2D eigenvalue weighted by molar-refractivity contribution is 5.73. The molecule has 0 unspecified atom stereocenters. The van der Waals surface area contributed by atoms with Gasteiger partial charge in [-0.05, 0) is 44.1 Å². The van der Waals surface area contributed by atoms with Crippen molar-refractivity contribution in [2.75, 3.05) is 37.7 Å². The Balaban J connectivity index is 1.37.